The van der Waals surface area contributed by atoms with Crippen molar-refractivity contribution in [3.05, 3.63) is 53.5 Å². The lowest BCUT2D eigenvalue weighted by molar-refractivity contribution is -0.120. The van der Waals surface area contributed by atoms with Gasteiger partial charge in [-0.15, -0.1) is 0 Å². The number of furan rings is 1. The molecule has 5 nitrogen and oxygen atoms in total. The summed E-state index contributed by atoms with van der Waals surface area (Å²) >= 11 is 0. The molecule has 146 valence electrons. The van der Waals surface area contributed by atoms with Crippen molar-refractivity contribution in [1.82, 2.24) is 10.2 Å². The van der Waals surface area contributed by atoms with E-state index in [4.69, 9.17) is 9.15 Å². The molecule has 1 N–H and O–H groups in total. The Morgan fingerprint density at radius 2 is 1.93 bits per heavy atom. The topological polar surface area (TPSA) is 54.7 Å². The van der Waals surface area contributed by atoms with E-state index >= 15 is 0 Å². The largest absolute Gasteiger partial charge is 0.497 e. The van der Waals surface area contributed by atoms with Crippen molar-refractivity contribution < 1.29 is 13.9 Å². The SMILES string of the molecule is COc1ccc(CC(=O)NC[C@H](c2ccc(C)o2)N2CCC(C)CC2)cc1. The number of aryl methyl sites for hydroxylation is 1. The summed E-state index contributed by atoms with van der Waals surface area (Å²) in [6.07, 6.45) is 2.75. The zero-order valence-corrected chi connectivity index (χ0v) is 16.5. The highest BCUT2D eigenvalue weighted by atomic mass is 16.5. The van der Waals surface area contributed by atoms with E-state index in [1.54, 1.807) is 7.11 Å². The number of benzene rings is 1. The van der Waals surface area contributed by atoms with Gasteiger partial charge in [0.2, 0.25) is 5.91 Å². The van der Waals surface area contributed by atoms with E-state index in [1.165, 1.54) is 12.8 Å². The van der Waals surface area contributed by atoms with Gasteiger partial charge < -0.3 is 14.5 Å². The molecule has 0 saturated carbocycles. The molecule has 1 saturated heterocycles. The first-order valence-electron chi connectivity index (χ1n) is 9.75. The second-order valence-electron chi connectivity index (χ2n) is 7.51. The number of hydrogen-bond donors (Lipinski definition) is 1. The van der Waals surface area contributed by atoms with Gasteiger partial charge in [0.15, 0.2) is 0 Å². The molecule has 0 aliphatic carbocycles. The summed E-state index contributed by atoms with van der Waals surface area (Å²) in [6.45, 7) is 6.91. The van der Waals surface area contributed by atoms with Gasteiger partial charge in [0.25, 0.3) is 0 Å². The number of piperidine rings is 1. The minimum absolute atomic E-state index is 0.0267. The third kappa shape index (κ3) is 5.36. The van der Waals surface area contributed by atoms with Gasteiger partial charge in [-0.3, -0.25) is 9.69 Å². The highest BCUT2D eigenvalue weighted by molar-refractivity contribution is 5.78. The maximum absolute atomic E-state index is 12.5. The normalized spacial score (nSPS) is 16.9. The van der Waals surface area contributed by atoms with Crippen LogP contribution >= 0.6 is 0 Å². The van der Waals surface area contributed by atoms with Gasteiger partial charge >= 0.3 is 0 Å². The molecule has 1 fully saturated rings. The Hall–Kier alpha value is -2.27. The molecule has 0 radical (unpaired) electrons. The van der Waals surface area contributed by atoms with Crippen molar-refractivity contribution in [2.24, 2.45) is 5.92 Å². The molecule has 1 amide bonds. The van der Waals surface area contributed by atoms with E-state index in [2.05, 4.69) is 17.1 Å². The number of ether oxygens (including phenoxy) is 1. The van der Waals surface area contributed by atoms with Crippen LogP contribution in [-0.2, 0) is 11.2 Å². The Morgan fingerprint density at radius 3 is 2.52 bits per heavy atom. The minimum Gasteiger partial charge on any atom is -0.497 e. The lowest BCUT2D eigenvalue weighted by atomic mass is 9.97. The molecular formula is C22H30N2O3. The maximum Gasteiger partial charge on any atom is 0.224 e. The quantitative estimate of drug-likeness (QED) is 0.807. The molecule has 27 heavy (non-hydrogen) atoms. The fourth-order valence-corrected chi connectivity index (χ4v) is 3.58. The van der Waals surface area contributed by atoms with Crippen LogP contribution in [-0.4, -0.2) is 37.6 Å². The van der Waals surface area contributed by atoms with Crippen LogP contribution in [0.15, 0.2) is 40.8 Å². The lowest BCUT2D eigenvalue weighted by Crippen LogP contribution is -2.42. The van der Waals surface area contributed by atoms with E-state index in [1.807, 2.05) is 43.3 Å². The van der Waals surface area contributed by atoms with Crippen LogP contribution in [0.4, 0.5) is 0 Å². The Bertz CT molecular complexity index is 730. The van der Waals surface area contributed by atoms with Crippen LogP contribution in [0.25, 0.3) is 0 Å². The summed E-state index contributed by atoms with van der Waals surface area (Å²) in [7, 11) is 1.64. The number of nitrogens with one attached hydrogen (secondary N) is 1. The molecule has 1 atom stereocenters. The van der Waals surface area contributed by atoms with Gasteiger partial charge in [-0.25, -0.2) is 0 Å². The average molecular weight is 370 g/mol. The molecule has 3 rings (SSSR count). The fourth-order valence-electron chi connectivity index (χ4n) is 3.58. The highest BCUT2D eigenvalue weighted by Crippen LogP contribution is 2.27. The van der Waals surface area contributed by atoms with Gasteiger partial charge in [0.05, 0.1) is 19.6 Å². The Labute approximate surface area is 161 Å². The molecule has 5 heteroatoms. The predicted octanol–water partition coefficient (Wildman–Crippen LogP) is 3.73. The highest BCUT2D eigenvalue weighted by Gasteiger charge is 2.27. The van der Waals surface area contributed by atoms with Crippen molar-refractivity contribution in [1.29, 1.82) is 0 Å². The van der Waals surface area contributed by atoms with Crippen LogP contribution in [0.2, 0.25) is 0 Å². The molecule has 2 aromatic rings. The van der Waals surface area contributed by atoms with Crippen molar-refractivity contribution in [2.75, 3.05) is 26.7 Å². The summed E-state index contributed by atoms with van der Waals surface area (Å²) in [4.78, 5) is 14.9. The van der Waals surface area contributed by atoms with Gasteiger partial charge in [-0.1, -0.05) is 19.1 Å². The van der Waals surface area contributed by atoms with Crippen LogP contribution in [0, 0.1) is 12.8 Å². The number of methoxy groups -OCH3 is 1. The number of rotatable bonds is 7. The van der Waals surface area contributed by atoms with Crippen LogP contribution in [0.3, 0.4) is 0 Å². The van der Waals surface area contributed by atoms with Crippen LogP contribution < -0.4 is 10.1 Å². The van der Waals surface area contributed by atoms with E-state index in [-0.39, 0.29) is 11.9 Å². The zero-order chi connectivity index (χ0) is 19.2. The summed E-state index contributed by atoms with van der Waals surface area (Å²) in [5.41, 5.74) is 0.977. The summed E-state index contributed by atoms with van der Waals surface area (Å²) in [5.74, 6) is 3.44. The summed E-state index contributed by atoms with van der Waals surface area (Å²) in [5, 5.41) is 3.10. The lowest BCUT2D eigenvalue weighted by Gasteiger charge is -2.35. The smallest absolute Gasteiger partial charge is 0.224 e. The third-order valence-corrected chi connectivity index (χ3v) is 5.36. The molecule has 1 aromatic carbocycles. The number of hydrogen-bond acceptors (Lipinski definition) is 4. The maximum atomic E-state index is 12.5. The van der Waals surface area contributed by atoms with Crippen molar-refractivity contribution in [3.63, 3.8) is 0 Å². The molecule has 0 unspecified atom stereocenters. The minimum atomic E-state index is 0.0267. The van der Waals surface area contributed by atoms with E-state index < -0.39 is 0 Å². The average Bonchev–Trinajstić information content (AvgIpc) is 3.10. The Balaban J connectivity index is 1.60. The fraction of sp³-hybridized carbons (Fsp3) is 0.500. The number of amides is 1. The van der Waals surface area contributed by atoms with Gasteiger partial charge in [-0.05, 0) is 68.6 Å². The van der Waals surface area contributed by atoms with Crippen LogP contribution in [0.5, 0.6) is 5.75 Å². The first-order valence-corrected chi connectivity index (χ1v) is 9.75. The second kappa shape index (κ2) is 9.09. The predicted molar refractivity (Wildman–Crippen MR) is 106 cm³/mol. The number of carbonyl (C=O) groups is 1. The molecular weight excluding hydrogens is 340 g/mol. The van der Waals surface area contributed by atoms with Crippen LogP contribution in [0.1, 0.15) is 42.9 Å². The molecule has 0 spiro atoms. The van der Waals surface area contributed by atoms with E-state index in [9.17, 15) is 4.79 Å². The van der Waals surface area contributed by atoms with Crippen molar-refractivity contribution in [2.45, 2.75) is 39.2 Å². The van der Waals surface area contributed by atoms with Gasteiger partial charge in [0.1, 0.15) is 17.3 Å². The third-order valence-electron chi connectivity index (χ3n) is 5.36. The van der Waals surface area contributed by atoms with Crippen molar-refractivity contribution in [3.8, 4) is 5.75 Å². The Morgan fingerprint density at radius 1 is 1.22 bits per heavy atom. The molecule has 0 bridgehead atoms. The van der Waals surface area contributed by atoms with E-state index in [0.29, 0.717) is 13.0 Å². The zero-order valence-electron chi connectivity index (χ0n) is 16.5. The van der Waals surface area contributed by atoms with E-state index in [0.717, 1.165) is 41.8 Å². The molecule has 1 aromatic heterocycles. The molecule has 1 aliphatic heterocycles. The van der Waals surface area contributed by atoms with Gasteiger partial charge in [0, 0.05) is 6.54 Å². The number of likely N-dealkylation sites (tertiary alicyclic amines) is 1. The molecule has 1 aliphatic rings. The van der Waals surface area contributed by atoms with Crippen molar-refractivity contribution >= 4 is 5.91 Å². The monoisotopic (exact) mass is 370 g/mol. The first kappa shape index (κ1) is 19.5. The summed E-state index contributed by atoms with van der Waals surface area (Å²) < 4.78 is 11.1. The second-order valence-corrected chi connectivity index (χ2v) is 7.51. The first-order chi connectivity index (χ1) is 13.0. The number of nitrogens with zero attached hydrogens (tertiary/aromatic N) is 1. The standard InChI is InChI=1S/C22H30N2O3/c1-16-10-12-24(13-11-16)20(21-9-4-17(2)27-21)15-23-22(25)14-18-5-7-19(26-3)8-6-18/h4-9,16,20H,10-15H2,1-3H3,(H,23,25)/t20-/m1/s1. The summed E-state index contributed by atoms with van der Waals surface area (Å²) in [6, 6.07) is 11.7. The number of carbonyl (C=O) groups excluding carboxylic acids is 1. The molecule has 2 heterocycles. The van der Waals surface area contributed by atoms with Gasteiger partial charge in [-0.2, -0.15) is 0 Å². The Kier molecular flexibility index (Phi) is 6.56.